The van der Waals surface area contributed by atoms with Gasteiger partial charge in [0.15, 0.2) is 5.58 Å². The molecule has 2 N–H and O–H groups in total. The summed E-state index contributed by atoms with van der Waals surface area (Å²) in [6.07, 6.45) is 8.05. The topological polar surface area (TPSA) is 83.1 Å². The Labute approximate surface area is 142 Å². The van der Waals surface area contributed by atoms with E-state index in [1.54, 1.807) is 12.3 Å². The highest BCUT2D eigenvalue weighted by atomic mass is 16.5. The molecule has 24 heavy (non-hydrogen) atoms. The molecule has 1 saturated carbocycles. The predicted octanol–water partition coefficient (Wildman–Crippen LogP) is 3.05. The van der Waals surface area contributed by atoms with Crippen LogP contribution in [0.25, 0.3) is 11.0 Å². The summed E-state index contributed by atoms with van der Waals surface area (Å²) in [5, 5.41) is 16.3. The van der Waals surface area contributed by atoms with Crippen LogP contribution in [-0.4, -0.2) is 37.3 Å². The van der Waals surface area contributed by atoms with E-state index >= 15 is 0 Å². The van der Waals surface area contributed by atoms with Gasteiger partial charge in [0.1, 0.15) is 11.9 Å². The number of fused-ring (bicyclic) bond motifs is 1. The highest BCUT2D eigenvalue weighted by Gasteiger charge is 2.14. The fourth-order valence-electron chi connectivity index (χ4n) is 3.05. The smallest absolute Gasteiger partial charge is 0.204 e. The molecule has 6 nitrogen and oxygen atoms in total. The number of aromatic nitrogens is 1. The van der Waals surface area contributed by atoms with Gasteiger partial charge in [0.2, 0.25) is 5.76 Å². The van der Waals surface area contributed by atoms with Gasteiger partial charge in [0, 0.05) is 30.6 Å². The summed E-state index contributed by atoms with van der Waals surface area (Å²) in [5.41, 5.74) is 0.667. The van der Waals surface area contributed by atoms with Crippen LogP contribution >= 0.6 is 0 Å². The predicted molar refractivity (Wildman–Crippen MR) is 92.9 cm³/mol. The molecule has 128 valence electrons. The average Bonchev–Trinajstić information content (AvgIpc) is 3.07. The molecule has 1 saturated heterocycles. The van der Waals surface area contributed by atoms with Crippen LogP contribution in [0.1, 0.15) is 37.9 Å². The molecule has 1 aliphatic heterocycles. The lowest BCUT2D eigenvalue weighted by Gasteiger charge is -2.23. The van der Waals surface area contributed by atoms with Crippen molar-refractivity contribution < 1.29 is 9.15 Å². The Morgan fingerprint density at radius 1 is 1.17 bits per heavy atom. The number of pyridine rings is 1. The normalized spacial score (nSPS) is 18.5. The van der Waals surface area contributed by atoms with E-state index in [-0.39, 0.29) is 0 Å². The number of nitriles is 1. The van der Waals surface area contributed by atoms with Crippen LogP contribution in [0, 0.1) is 11.3 Å². The summed E-state index contributed by atoms with van der Waals surface area (Å²) in [6.45, 7) is 3.83. The van der Waals surface area contributed by atoms with Crippen LogP contribution < -0.4 is 10.6 Å². The molecule has 0 bridgehead atoms. The number of furan rings is 1. The lowest BCUT2D eigenvalue weighted by atomic mass is 9.95. The molecule has 2 fully saturated rings. The zero-order valence-corrected chi connectivity index (χ0v) is 13.9. The molecule has 1 aliphatic carbocycles. The summed E-state index contributed by atoms with van der Waals surface area (Å²) >= 11 is 0. The minimum atomic E-state index is 0.335. The molecule has 6 heteroatoms. The van der Waals surface area contributed by atoms with Gasteiger partial charge < -0.3 is 19.8 Å². The first-order chi connectivity index (χ1) is 11.8. The summed E-state index contributed by atoms with van der Waals surface area (Å²) in [4.78, 5) is 4.33. The SMILES string of the molecule is C1COCCN1.N#Cc1cc2cc(NC3CCCCC3)ncc2o1. The fraction of sp³-hybridized carbons (Fsp3) is 0.556. The van der Waals surface area contributed by atoms with E-state index in [0.29, 0.717) is 17.4 Å². The van der Waals surface area contributed by atoms with Gasteiger partial charge in [-0.1, -0.05) is 19.3 Å². The zero-order valence-electron chi connectivity index (χ0n) is 13.9. The van der Waals surface area contributed by atoms with Gasteiger partial charge in [-0.15, -0.1) is 0 Å². The molecule has 0 spiro atoms. The van der Waals surface area contributed by atoms with Crippen molar-refractivity contribution in [1.29, 1.82) is 5.26 Å². The number of anilines is 1. The summed E-state index contributed by atoms with van der Waals surface area (Å²) in [5.74, 6) is 1.21. The quantitative estimate of drug-likeness (QED) is 0.881. The second kappa shape index (κ2) is 8.67. The molecule has 2 aromatic rings. The van der Waals surface area contributed by atoms with E-state index in [0.717, 1.165) is 37.5 Å². The lowest BCUT2D eigenvalue weighted by molar-refractivity contribution is 0.109. The largest absolute Gasteiger partial charge is 0.444 e. The van der Waals surface area contributed by atoms with Gasteiger partial charge in [-0.25, -0.2) is 4.98 Å². The van der Waals surface area contributed by atoms with Crippen LogP contribution in [0.3, 0.4) is 0 Å². The highest BCUT2D eigenvalue weighted by molar-refractivity contribution is 5.80. The second-order valence-corrected chi connectivity index (χ2v) is 6.17. The Morgan fingerprint density at radius 3 is 2.58 bits per heavy atom. The Hall–Kier alpha value is -2.10. The van der Waals surface area contributed by atoms with Crippen LogP contribution in [0.4, 0.5) is 5.82 Å². The standard InChI is InChI=1S/C14H15N3O.C4H9NO/c15-8-12-6-10-7-14(16-9-13(10)18-12)17-11-4-2-1-3-5-11;1-3-6-4-2-5-1/h6-7,9,11H,1-5H2,(H,16,17);5H,1-4H2. The highest BCUT2D eigenvalue weighted by Crippen LogP contribution is 2.24. The second-order valence-electron chi connectivity index (χ2n) is 6.17. The van der Waals surface area contributed by atoms with Crippen molar-refractivity contribution in [3.63, 3.8) is 0 Å². The van der Waals surface area contributed by atoms with Crippen LogP contribution in [0.15, 0.2) is 22.7 Å². The zero-order chi connectivity index (χ0) is 16.6. The fourth-order valence-corrected chi connectivity index (χ4v) is 3.05. The van der Waals surface area contributed by atoms with Crippen molar-refractivity contribution in [2.75, 3.05) is 31.6 Å². The average molecular weight is 328 g/mol. The van der Waals surface area contributed by atoms with Crippen molar-refractivity contribution in [2.45, 2.75) is 38.1 Å². The minimum absolute atomic E-state index is 0.335. The van der Waals surface area contributed by atoms with Crippen molar-refractivity contribution in [3.8, 4) is 6.07 Å². The molecule has 0 aromatic carbocycles. The van der Waals surface area contributed by atoms with Gasteiger partial charge in [0.25, 0.3) is 0 Å². The number of rotatable bonds is 2. The number of morpholine rings is 1. The van der Waals surface area contributed by atoms with Gasteiger partial charge in [-0.3, -0.25) is 0 Å². The maximum atomic E-state index is 8.79. The molecule has 0 amide bonds. The number of hydrogen-bond donors (Lipinski definition) is 2. The number of nitrogens with zero attached hydrogens (tertiary/aromatic N) is 2. The summed E-state index contributed by atoms with van der Waals surface area (Å²) < 4.78 is 10.3. The summed E-state index contributed by atoms with van der Waals surface area (Å²) in [6, 6.07) is 6.24. The van der Waals surface area contributed by atoms with Gasteiger partial charge in [0.05, 0.1) is 19.4 Å². The lowest BCUT2D eigenvalue weighted by Crippen LogP contribution is -2.30. The first kappa shape index (κ1) is 16.7. The first-order valence-electron chi connectivity index (χ1n) is 8.70. The van der Waals surface area contributed by atoms with E-state index in [1.165, 1.54) is 32.1 Å². The van der Waals surface area contributed by atoms with Crippen molar-refractivity contribution in [1.82, 2.24) is 10.3 Å². The molecule has 2 aliphatic rings. The first-order valence-corrected chi connectivity index (χ1v) is 8.70. The van der Waals surface area contributed by atoms with E-state index < -0.39 is 0 Å². The third kappa shape index (κ3) is 4.70. The number of hydrogen-bond acceptors (Lipinski definition) is 6. The minimum Gasteiger partial charge on any atom is -0.444 e. The maximum Gasteiger partial charge on any atom is 0.204 e. The van der Waals surface area contributed by atoms with Crippen molar-refractivity contribution >= 4 is 16.8 Å². The molecule has 0 atom stereocenters. The van der Waals surface area contributed by atoms with Crippen LogP contribution in [0.5, 0.6) is 0 Å². The Kier molecular flexibility index (Phi) is 6.05. The molecule has 0 radical (unpaired) electrons. The summed E-state index contributed by atoms with van der Waals surface area (Å²) in [7, 11) is 0. The third-order valence-corrected chi connectivity index (χ3v) is 4.32. The molecule has 3 heterocycles. The Morgan fingerprint density at radius 2 is 1.96 bits per heavy atom. The molecule has 4 rings (SSSR count). The Bertz CT molecular complexity index is 670. The van der Waals surface area contributed by atoms with Gasteiger partial charge in [-0.2, -0.15) is 5.26 Å². The van der Waals surface area contributed by atoms with Crippen molar-refractivity contribution in [3.05, 3.63) is 24.1 Å². The van der Waals surface area contributed by atoms with Crippen LogP contribution in [0.2, 0.25) is 0 Å². The van der Waals surface area contributed by atoms with E-state index in [2.05, 4.69) is 15.6 Å². The van der Waals surface area contributed by atoms with Crippen LogP contribution in [-0.2, 0) is 4.74 Å². The van der Waals surface area contributed by atoms with Gasteiger partial charge in [-0.05, 0) is 18.9 Å². The van der Waals surface area contributed by atoms with Gasteiger partial charge >= 0.3 is 0 Å². The Balaban J connectivity index is 0.000000238. The number of ether oxygens (including phenoxy) is 1. The monoisotopic (exact) mass is 328 g/mol. The van der Waals surface area contributed by atoms with E-state index in [1.807, 2.05) is 12.1 Å². The third-order valence-electron chi connectivity index (χ3n) is 4.32. The number of nitrogens with one attached hydrogen (secondary N) is 2. The maximum absolute atomic E-state index is 8.79. The van der Waals surface area contributed by atoms with E-state index in [9.17, 15) is 0 Å². The van der Waals surface area contributed by atoms with E-state index in [4.69, 9.17) is 14.4 Å². The molecular formula is C18H24N4O2. The molecule has 2 aromatic heterocycles. The molecular weight excluding hydrogens is 304 g/mol. The molecule has 0 unspecified atom stereocenters. The van der Waals surface area contributed by atoms with Crippen molar-refractivity contribution in [2.24, 2.45) is 0 Å².